The number of piperidine rings is 1. The molecule has 1 fully saturated rings. The summed E-state index contributed by atoms with van der Waals surface area (Å²) in [5.41, 5.74) is 3.15. The zero-order chi connectivity index (χ0) is 27.0. The second kappa shape index (κ2) is 10.4. The highest BCUT2D eigenvalue weighted by atomic mass is 19.3. The van der Waals surface area contributed by atoms with Gasteiger partial charge in [-0.1, -0.05) is 6.07 Å². The van der Waals surface area contributed by atoms with Crippen LogP contribution in [0.5, 0.6) is 5.88 Å². The van der Waals surface area contributed by atoms with Gasteiger partial charge in [-0.15, -0.1) is 5.10 Å². The van der Waals surface area contributed by atoms with Gasteiger partial charge in [-0.05, 0) is 37.1 Å². The number of alkyl halides is 4. The maximum Gasteiger partial charge on any atom is 0.280 e. The number of hydrogen-bond donors (Lipinski definition) is 1. The van der Waals surface area contributed by atoms with E-state index in [1.807, 2.05) is 6.07 Å². The number of anilines is 1. The lowest BCUT2D eigenvalue weighted by molar-refractivity contribution is -0.0770. The normalized spacial score (nSPS) is 18.1. The fourth-order valence-corrected chi connectivity index (χ4v) is 4.96. The molecule has 1 aliphatic heterocycles. The number of benzene rings is 1. The first kappa shape index (κ1) is 26.2. The molecule has 38 heavy (non-hydrogen) atoms. The maximum atomic E-state index is 14.9. The van der Waals surface area contributed by atoms with E-state index in [1.54, 1.807) is 43.3 Å². The van der Waals surface area contributed by atoms with Crippen LogP contribution in [-0.4, -0.2) is 87.9 Å². The van der Waals surface area contributed by atoms with Crippen molar-refractivity contribution in [2.45, 2.75) is 38.3 Å². The van der Waals surface area contributed by atoms with Crippen LogP contribution in [0.4, 0.5) is 23.5 Å². The fourth-order valence-electron chi connectivity index (χ4n) is 4.96. The van der Waals surface area contributed by atoms with Gasteiger partial charge < -0.3 is 19.4 Å². The number of aryl methyl sites for hydroxylation is 1. The van der Waals surface area contributed by atoms with E-state index >= 15 is 0 Å². The van der Waals surface area contributed by atoms with Crippen molar-refractivity contribution in [1.29, 1.82) is 0 Å². The van der Waals surface area contributed by atoms with Crippen molar-refractivity contribution in [3.05, 3.63) is 36.3 Å². The molecule has 4 aromatic rings. The van der Waals surface area contributed by atoms with E-state index in [-0.39, 0.29) is 24.8 Å². The molecule has 1 aromatic carbocycles. The third-order valence-corrected chi connectivity index (χ3v) is 6.84. The minimum absolute atomic E-state index is 0.0209. The number of likely N-dealkylation sites (tertiary alicyclic amines) is 1. The van der Waals surface area contributed by atoms with Crippen molar-refractivity contribution in [1.82, 2.24) is 29.0 Å². The Labute approximate surface area is 216 Å². The van der Waals surface area contributed by atoms with Crippen molar-refractivity contribution >= 4 is 22.5 Å². The molecular formula is C25H29F4N7O2. The number of ether oxygens (including phenoxy) is 2. The van der Waals surface area contributed by atoms with Crippen molar-refractivity contribution in [3.63, 3.8) is 0 Å². The summed E-state index contributed by atoms with van der Waals surface area (Å²) in [6.07, 6.45) is -0.630. The number of fused-ring (bicyclic) bond motifs is 2. The SMILES string of the molecule is COCCN1CCC(Nc2nc(OC)c3c(-c4ccc5nc(C)n(CC(F)F)c5c4)ccn3n2)C(F)(F)C1. The lowest BCUT2D eigenvalue weighted by Crippen LogP contribution is -2.55. The predicted octanol–water partition coefficient (Wildman–Crippen LogP) is 4.10. The molecule has 0 amide bonds. The van der Waals surface area contributed by atoms with E-state index in [2.05, 4.69) is 20.4 Å². The van der Waals surface area contributed by atoms with Gasteiger partial charge in [0.05, 0.1) is 43.9 Å². The van der Waals surface area contributed by atoms with Crippen molar-refractivity contribution in [2.75, 3.05) is 45.8 Å². The summed E-state index contributed by atoms with van der Waals surface area (Å²) in [4.78, 5) is 10.4. The van der Waals surface area contributed by atoms with Crippen LogP contribution in [0.2, 0.25) is 0 Å². The summed E-state index contributed by atoms with van der Waals surface area (Å²) < 4.78 is 69.7. The second-order valence-corrected chi connectivity index (χ2v) is 9.35. The van der Waals surface area contributed by atoms with Crippen LogP contribution >= 0.6 is 0 Å². The first-order chi connectivity index (χ1) is 18.2. The zero-order valence-corrected chi connectivity index (χ0v) is 21.3. The molecule has 1 aliphatic rings. The molecule has 0 spiro atoms. The summed E-state index contributed by atoms with van der Waals surface area (Å²) in [6.45, 7) is 2.17. The van der Waals surface area contributed by atoms with Crippen LogP contribution in [0.3, 0.4) is 0 Å². The van der Waals surface area contributed by atoms with Gasteiger partial charge in [0.15, 0.2) is 0 Å². The highest BCUT2D eigenvalue weighted by Crippen LogP contribution is 2.34. The number of imidazole rings is 1. The summed E-state index contributed by atoms with van der Waals surface area (Å²) >= 11 is 0. The Morgan fingerprint density at radius 3 is 2.71 bits per heavy atom. The van der Waals surface area contributed by atoms with Gasteiger partial charge in [0.25, 0.3) is 12.3 Å². The molecule has 4 heterocycles. The Balaban J connectivity index is 1.45. The van der Waals surface area contributed by atoms with Crippen LogP contribution in [0.15, 0.2) is 30.5 Å². The third-order valence-electron chi connectivity index (χ3n) is 6.84. The summed E-state index contributed by atoms with van der Waals surface area (Å²) in [5.74, 6) is -2.28. The van der Waals surface area contributed by atoms with E-state index in [0.717, 1.165) is 5.56 Å². The van der Waals surface area contributed by atoms with E-state index in [1.165, 1.54) is 16.2 Å². The van der Waals surface area contributed by atoms with Crippen LogP contribution in [0, 0.1) is 6.92 Å². The number of nitrogens with one attached hydrogen (secondary N) is 1. The summed E-state index contributed by atoms with van der Waals surface area (Å²) in [6, 6.07) is 6.05. The molecule has 1 saturated heterocycles. The van der Waals surface area contributed by atoms with Crippen LogP contribution in [0.25, 0.3) is 27.7 Å². The first-order valence-corrected chi connectivity index (χ1v) is 12.2. The van der Waals surface area contributed by atoms with Gasteiger partial charge in [-0.2, -0.15) is 4.98 Å². The molecule has 0 radical (unpaired) electrons. The molecule has 0 saturated carbocycles. The van der Waals surface area contributed by atoms with Gasteiger partial charge in [0.1, 0.15) is 11.3 Å². The number of methoxy groups -OCH3 is 2. The maximum absolute atomic E-state index is 14.9. The van der Waals surface area contributed by atoms with Gasteiger partial charge in [-0.25, -0.2) is 27.1 Å². The van der Waals surface area contributed by atoms with Gasteiger partial charge >= 0.3 is 0 Å². The van der Waals surface area contributed by atoms with E-state index in [4.69, 9.17) is 9.47 Å². The minimum Gasteiger partial charge on any atom is -0.479 e. The van der Waals surface area contributed by atoms with Crippen LogP contribution < -0.4 is 10.1 Å². The Hall–Kier alpha value is -3.45. The highest BCUT2D eigenvalue weighted by Gasteiger charge is 2.45. The topological polar surface area (TPSA) is 81.7 Å². The Morgan fingerprint density at radius 1 is 1.18 bits per heavy atom. The third kappa shape index (κ3) is 4.99. The van der Waals surface area contributed by atoms with E-state index in [0.29, 0.717) is 47.6 Å². The average molecular weight is 536 g/mol. The van der Waals surface area contributed by atoms with Crippen molar-refractivity contribution < 1.29 is 27.0 Å². The fraction of sp³-hybridized carbons (Fsp3) is 0.480. The first-order valence-electron chi connectivity index (χ1n) is 12.2. The summed E-state index contributed by atoms with van der Waals surface area (Å²) in [7, 11) is 2.98. The van der Waals surface area contributed by atoms with Crippen LogP contribution in [0.1, 0.15) is 12.2 Å². The van der Waals surface area contributed by atoms with E-state index < -0.39 is 24.9 Å². The van der Waals surface area contributed by atoms with Gasteiger partial charge in [0.2, 0.25) is 11.8 Å². The number of rotatable bonds is 9. The number of halogens is 4. The molecule has 13 heteroatoms. The second-order valence-electron chi connectivity index (χ2n) is 9.35. The molecule has 5 rings (SSSR count). The molecule has 0 bridgehead atoms. The Morgan fingerprint density at radius 2 is 2.00 bits per heavy atom. The molecule has 204 valence electrons. The smallest absolute Gasteiger partial charge is 0.280 e. The van der Waals surface area contributed by atoms with Gasteiger partial charge in [-0.3, -0.25) is 4.90 Å². The molecule has 1 unspecified atom stereocenters. The quantitative estimate of drug-likeness (QED) is 0.323. The highest BCUT2D eigenvalue weighted by molar-refractivity contribution is 5.89. The number of aromatic nitrogens is 5. The summed E-state index contributed by atoms with van der Waals surface area (Å²) in [5, 5.41) is 7.22. The molecular weight excluding hydrogens is 506 g/mol. The zero-order valence-electron chi connectivity index (χ0n) is 21.3. The average Bonchev–Trinajstić information content (AvgIpc) is 3.43. The van der Waals surface area contributed by atoms with Gasteiger partial charge in [0, 0.05) is 32.0 Å². The van der Waals surface area contributed by atoms with Crippen LogP contribution in [-0.2, 0) is 11.3 Å². The van der Waals surface area contributed by atoms with Crippen molar-refractivity contribution in [2.24, 2.45) is 0 Å². The Bertz CT molecular complexity index is 1440. The lowest BCUT2D eigenvalue weighted by Gasteiger charge is -2.38. The minimum atomic E-state index is -2.99. The monoisotopic (exact) mass is 535 g/mol. The molecule has 1 atom stereocenters. The Kier molecular flexibility index (Phi) is 7.14. The van der Waals surface area contributed by atoms with E-state index in [9.17, 15) is 17.6 Å². The largest absolute Gasteiger partial charge is 0.479 e. The predicted molar refractivity (Wildman–Crippen MR) is 134 cm³/mol. The number of nitrogens with zero attached hydrogens (tertiary/aromatic N) is 6. The molecule has 1 N–H and O–H groups in total. The molecule has 3 aromatic heterocycles. The lowest BCUT2D eigenvalue weighted by atomic mass is 10.0. The standard InChI is InChI=1S/C25H29F4N7O2/c1-15-30-18-5-4-16(12-19(18)35(15)13-21(26)27)17-6-9-36-22(17)23(38-3)32-24(33-36)31-20-7-8-34(10-11-37-2)14-25(20,28)29/h4-6,9,12,20-21H,7-8,10-11,13-14H2,1-3H3,(H,31,33). The number of hydrogen-bond acceptors (Lipinski definition) is 7. The molecule has 9 nitrogen and oxygen atoms in total. The molecule has 0 aliphatic carbocycles. The van der Waals surface area contributed by atoms with Crippen molar-refractivity contribution in [3.8, 4) is 17.0 Å².